The van der Waals surface area contributed by atoms with Gasteiger partial charge in [-0.15, -0.1) is 0 Å². The normalized spacial score (nSPS) is 20.1. The summed E-state index contributed by atoms with van der Waals surface area (Å²) < 4.78 is 5.48. The van der Waals surface area contributed by atoms with E-state index in [1.165, 1.54) is 16.3 Å². The van der Waals surface area contributed by atoms with Gasteiger partial charge < -0.3 is 10.1 Å². The molecule has 1 unspecified atom stereocenters. The largest absolute Gasteiger partial charge is 0.379 e. The van der Waals surface area contributed by atoms with Crippen molar-refractivity contribution >= 4 is 10.8 Å². The average molecular weight is 241 g/mol. The average Bonchev–Trinajstić information content (AvgIpc) is 2.46. The number of aryl methyl sites for hydroxylation is 1. The highest BCUT2D eigenvalue weighted by molar-refractivity contribution is 5.82. The first kappa shape index (κ1) is 11.7. The van der Waals surface area contributed by atoms with Gasteiger partial charge >= 0.3 is 0 Å². The van der Waals surface area contributed by atoms with Crippen molar-refractivity contribution in [2.75, 3.05) is 19.8 Å². The Morgan fingerprint density at radius 2 is 2.00 bits per heavy atom. The van der Waals surface area contributed by atoms with E-state index in [4.69, 9.17) is 4.74 Å². The van der Waals surface area contributed by atoms with Crippen LogP contribution in [-0.2, 0) is 11.2 Å². The number of rotatable bonds is 3. The van der Waals surface area contributed by atoms with Crippen LogP contribution in [0.5, 0.6) is 0 Å². The van der Waals surface area contributed by atoms with Crippen molar-refractivity contribution in [1.29, 1.82) is 0 Å². The molecule has 0 bridgehead atoms. The van der Waals surface area contributed by atoms with E-state index in [1.807, 2.05) is 0 Å². The maximum atomic E-state index is 5.48. The first-order chi connectivity index (χ1) is 8.92. The van der Waals surface area contributed by atoms with E-state index in [0.717, 1.165) is 32.6 Å². The van der Waals surface area contributed by atoms with Gasteiger partial charge in [-0.3, -0.25) is 0 Å². The van der Waals surface area contributed by atoms with Gasteiger partial charge in [0.15, 0.2) is 0 Å². The molecule has 1 fully saturated rings. The molecule has 0 saturated carbocycles. The Bertz CT molecular complexity index is 517. The molecule has 2 heteroatoms. The monoisotopic (exact) mass is 241 g/mol. The van der Waals surface area contributed by atoms with Gasteiger partial charge in [-0.1, -0.05) is 42.5 Å². The van der Waals surface area contributed by atoms with Crippen LogP contribution in [0.3, 0.4) is 0 Å². The second-order valence-electron chi connectivity index (χ2n) is 4.95. The van der Waals surface area contributed by atoms with Gasteiger partial charge in [0.05, 0.1) is 13.2 Å². The molecule has 1 aliphatic heterocycles. The second-order valence-corrected chi connectivity index (χ2v) is 4.95. The predicted octanol–water partition coefficient (Wildman–Crippen LogP) is 2.76. The molecule has 1 saturated heterocycles. The molecule has 0 aliphatic carbocycles. The van der Waals surface area contributed by atoms with Crippen LogP contribution in [0.15, 0.2) is 42.5 Å². The minimum absolute atomic E-state index is 0.519. The highest BCUT2D eigenvalue weighted by Crippen LogP contribution is 2.17. The van der Waals surface area contributed by atoms with Crippen molar-refractivity contribution in [2.24, 2.45) is 0 Å². The molecule has 1 heterocycles. The Morgan fingerprint density at radius 3 is 2.83 bits per heavy atom. The molecule has 3 rings (SSSR count). The van der Waals surface area contributed by atoms with Gasteiger partial charge in [-0.25, -0.2) is 0 Å². The van der Waals surface area contributed by atoms with Gasteiger partial charge in [0.25, 0.3) is 0 Å². The summed E-state index contributed by atoms with van der Waals surface area (Å²) in [4.78, 5) is 0. The Morgan fingerprint density at radius 1 is 1.11 bits per heavy atom. The number of fused-ring (bicyclic) bond motifs is 1. The molecule has 1 aliphatic rings. The van der Waals surface area contributed by atoms with Gasteiger partial charge in [0.1, 0.15) is 0 Å². The standard InChI is InChI=1S/C16H19NO/c1-2-4-15-11-13(5-7-14(15)3-1)6-8-16-12-18-10-9-17-16/h1-5,7,11,16-17H,6,8-10,12H2. The Balaban J connectivity index is 1.66. The number of ether oxygens (including phenoxy) is 1. The first-order valence-electron chi connectivity index (χ1n) is 6.71. The quantitative estimate of drug-likeness (QED) is 0.892. The highest BCUT2D eigenvalue weighted by Gasteiger charge is 2.12. The third-order valence-corrected chi connectivity index (χ3v) is 3.59. The fraction of sp³-hybridized carbons (Fsp3) is 0.375. The number of nitrogens with one attached hydrogen (secondary N) is 1. The topological polar surface area (TPSA) is 21.3 Å². The van der Waals surface area contributed by atoms with Crippen LogP contribution in [0.25, 0.3) is 10.8 Å². The number of hydrogen-bond acceptors (Lipinski definition) is 2. The second kappa shape index (κ2) is 5.51. The van der Waals surface area contributed by atoms with Crippen LogP contribution in [0.4, 0.5) is 0 Å². The molecule has 1 atom stereocenters. The lowest BCUT2D eigenvalue weighted by atomic mass is 10.0. The maximum Gasteiger partial charge on any atom is 0.0620 e. The van der Waals surface area contributed by atoms with E-state index >= 15 is 0 Å². The first-order valence-corrected chi connectivity index (χ1v) is 6.71. The van der Waals surface area contributed by atoms with Gasteiger partial charge in [0, 0.05) is 12.6 Å². The van der Waals surface area contributed by atoms with E-state index in [1.54, 1.807) is 0 Å². The SMILES string of the molecule is c1ccc2cc(CCC3COCCN3)ccc2c1. The summed E-state index contributed by atoms with van der Waals surface area (Å²) in [6.45, 7) is 2.70. The summed E-state index contributed by atoms with van der Waals surface area (Å²) in [5.41, 5.74) is 1.42. The summed E-state index contributed by atoms with van der Waals surface area (Å²) in [6.07, 6.45) is 2.27. The lowest BCUT2D eigenvalue weighted by molar-refractivity contribution is 0.0743. The molecular weight excluding hydrogens is 222 g/mol. The summed E-state index contributed by atoms with van der Waals surface area (Å²) in [7, 11) is 0. The van der Waals surface area contributed by atoms with Gasteiger partial charge in [-0.2, -0.15) is 0 Å². The molecule has 0 radical (unpaired) electrons. The van der Waals surface area contributed by atoms with Crippen LogP contribution in [0, 0.1) is 0 Å². The van der Waals surface area contributed by atoms with Gasteiger partial charge in [-0.05, 0) is 29.2 Å². The van der Waals surface area contributed by atoms with Crippen molar-refractivity contribution in [2.45, 2.75) is 18.9 Å². The lowest BCUT2D eigenvalue weighted by Crippen LogP contribution is -2.41. The summed E-state index contributed by atoms with van der Waals surface area (Å²) in [5.74, 6) is 0. The minimum atomic E-state index is 0.519. The predicted molar refractivity (Wildman–Crippen MR) is 74.9 cm³/mol. The van der Waals surface area contributed by atoms with Crippen LogP contribution < -0.4 is 5.32 Å². The van der Waals surface area contributed by atoms with E-state index in [-0.39, 0.29) is 0 Å². The molecule has 2 aromatic rings. The highest BCUT2D eigenvalue weighted by atomic mass is 16.5. The molecule has 2 nitrogen and oxygen atoms in total. The Kier molecular flexibility index (Phi) is 3.58. The molecule has 2 aromatic carbocycles. The van der Waals surface area contributed by atoms with Crippen molar-refractivity contribution < 1.29 is 4.74 Å². The third-order valence-electron chi connectivity index (χ3n) is 3.59. The molecular formula is C16H19NO. The summed E-state index contributed by atoms with van der Waals surface area (Å²) >= 11 is 0. The zero-order chi connectivity index (χ0) is 12.2. The summed E-state index contributed by atoms with van der Waals surface area (Å²) in [6, 6.07) is 15.8. The smallest absolute Gasteiger partial charge is 0.0620 e. The van der Waals surface area contributed by atoms with Crippen molar-refractivity contribution in [3.05, 3.63) is 48.0 Å². The number of morpholine rings is 1. The Labute approximate surface area is 108 Å². The van der Waals surface area contributed by atoms with Crippen molar-refractivity contribution in [1.82, 2.24) is 5.32 Å². The molecule has 1 N–H and O–H groups in total. The van der Waals surface area contributed by atoms with Crippen molar-refractivity contribution in [3.63, 3.8) is 0 Å². The van der Waals surface area contributed by atoms with E-state index in [9.17, 15) is 0 Å². The van der Waals surface area contributed by atoms with Crippen molar-refractivity contribution in [3.8, 4) is 0 Å². The molecule has 0 amide bonds. The molecule has 0 spiro atoms. The van der Waals surface area contributed by atoms with Gasteiger partial charge in [0.2, 0.25) is 0 Å². The third kappa shape index (κ3) is 2.71. The molecule has 18 heavy (non-hydrogen) atoms. The van der Waals surface area contributed by atoms with E-state index < -0.39 is 0 Å². The van der Waals surface area contributed by atoms with E-state index in [2.05, 4.69) is 47.8 Å². The zero-order valence-electron chi connectivity index (χ0n) is 10.6. The molecule has 0 aromatic heterocycles. The maximum absolute atomic E-state index is 5.48. The minimum Gasteiger partial charge on any atom is -0.379 e. The van der Waals surface area contributed by atoms with Crippen LogP contribution >= 0.6 is 0 Å². The van der Waals surface area contributed by atoms with Crippen LogP contribution in [0.2, 0.25) is 0 Å². The zero-order valence-corrected chi connectivity index (χ0v) is 10.6. The van der Waals surface area contributed by atoms with Crippen LogP contribution in [-0.4, -0.2) is 25.8 Å². The lowest BCUT2D eigenvalue weighted by Gasteiger charge is -2.23. The number of benzene rings is 2. The van der Waals surface area contributed by atoms with E-state index in [0.29, 0.717) is 6.04 Å². The summed E-state index contributed by atoms with van der Waals surface area (Å²) in [5, 5.41) is 6.16. The Hall–Kier alpha value is -1.38. The fourth-order valence-corrected chi connectivity index (χ4v) is 2.54. The fourth-order valence-electron chi connectivity index (χ4n) is 2.54. The number of hydrogen-bond donors (Lipinski definition) is 1. The van der Waals surface area contributed by atoms with Crippen LogP contribution in [0.1, 0.15) is 12.0 Å². The molecule has 94 valence electrons.